The molecule has 1 saturated heterocycles. The molecule has 2 saturated carbocycles. The molecular formula is C33H43N5. The molecule has 3 fully saturated rings. The van der Waals surface area contributed by atoms with Crippen molar-refractivity contribution in [1.82, 2.24) is 20.0 Å². The molecule has 5 heteroatoms. The lowest BCUT2D eigenvalue weighted by Crippen LogP contribution is -2.49. The largest absolute Gasteiger partial charge is 0.368 e. The highest BCUT2D eigenvalue weighted by molar-refractivity contribution is 5.99. The van der Waals surface area contributed by atoms with Crippen LogP contribution in [0.25, 0.3) is 0 Å². The van der Waals surface area contributed by atoms with Crippen molar-refractivity contribution in [1.29, 1.82) is 0 Å². The van der Waals surface area contributed by atoms with E-state index in [4.69, 9.17) is 4.99 Å². The normalized spacial score (nSPS) is 26.8. The van der Waals surface area contributed by atoms with Gasteiger partial charge in [-0.3, -0.25) is 4.90 Å². The predicted molar refractivity (Wildman–Crippen MR) is 158 cm³/mol. The first-order chi connectivity index (χ1) is 18.4. The van der Waals surface area contributed by atoms with Crippen LogP contribution in [0.4, 0.5) is 0 Å². The lowest BCUT2D eigenvalue weighted by Gasteiger charge is -2.39. The van der Waals surface area contributed by atoms with Crippen molar-refractivity contribution in [3.8, 4) is 0 Å². The van der Waals surface area contributed by atoms with Crippen molar-refractivity contribution in [2.75, 3.05) is 19.6 Å². The highest BCUT2D eigenvalue weighted by atomic mass is 15.3. The van der Waals surface area contributed by atoms with Crippen molar-refractivity contribution in [2.24, 2.45) is 16.8 Å². The molecule has 4 aliphatic heterocycles. The molecule has 4 heterocycles. The fraction of sp³-hybridized carbons (Fsp3) is 0.485. The first kappa shape index (κ1) is 25.2. The summed E-state index contributed by atoms with van der Waals surface area (Å²) in [5.41, 5.74) is 10.3. The number of hydrogen-bond acceptors (Lipinski definition) is 5. The molecule has 6 aliphatic rings. The number of aliphatic imine (C=N–C) groups is 1. The minimum Gasteiger partial charge on any atom is -0.368 e. The molecule has 0 aromatic carbocycles. The zero-order valence-corrected chi connectivity index (χ0v) is 23.6. The quantitative estimate of drug-likeness (QED) is 0.431. The number of piperazine rings is 1. The minimum absolute atomic E-state index is 0.506. The highest BCUT2D eigenvalue weighted by Crippen LogP contribution is 2.45. The Morgan fingerprint density at radius 3 is 2.71 bits per heavy atom. The molecule has 200 valence electrons. The molecule has 0 amide bonds. The third-order valence-corrected chi connectivity index (χ3v) is 9.01. The maximum Gasteiger partial charge on any atom is 0.137 e. The summed E-state index contributed by atoms with van der Waals surface area (Å²) in [7, 11) is 0. The average molecular weight is 510 g/mol. The summed E-state index contributed by atoms with van der Waals surface area (Å²) in [6.07, 6.45) is 23.4. The third kappa shape index (κ3) is 4.89. The Morgan fingerprint density at radius 1 is 1.21 bits per heavy atom. The van der Waals surface area contributed by atoms with Gasteiger partial charge < -0.3 is 15.1 Å². The molecule has 2 atom stereocenters. The lowest BCUT2D eigenvalue weighted by molar-refractivity contribution is 0.259. The second-order valence-corrected chi connectivity index (χ2v) is 11.9. The van der Waals surface area contributed by atoms with Gasteiger partial charge in [0.1, 0.15) is 5.84 Å². The van der Waals surface area contributed by atoms with Gasteiger partial charge in [0.15, 0.2) is 0 Å². The first-order valence-corrected chi connectivity index (χ1v) is 14.7. The number of allylic oxidation sites excluding steroid dienone is 6. The monoisotopic (exact) mass is 509 g/mol. The van der Waals surface area contributed by atoms with E-state index in [2.05, 4.69) is 97.2 Å². The van der Waals surface area contributed by atoms with Crippen LogP contribution in [0, 0.1) is 11.8 Å². The van der Waals surface area contributed by atoms with E-state index in [1.54, 1.807) is 5.57 Å². The van der Waals surface area contributed by atoms with Crippen LogP contribution in [-0.2, 0) is 0 Å². The van der Waals surface area contributed by atoms with E-state index in [9.17, 15) is 0 Å². The summed E-state index contributed by atoms with van der Waals surface area (Å²) in [5, 5.41) is 3.56. The van der Waals surface area contributed by atoms with Crippen LogP contribution in [0.15, 0.2) is 99.6 Å². The second-order valence-electron chi connectivity index (χ2n) is 11.9. The maximum atomic E-state index is 5.23. The molecule has 0 bridgehead atoms. The van der Waals surface area contributed by atoms with E-state index in [0.29, 0.717) is 17.9 Å². The molecule has 1 N–H and O–H groups in total. The fourth-order valence-corrected chi connectivity index (χ4v) is 5.84. The van der Waals surface area contributed by atoms with E-state index in [1.807, 2.05) is 0 Å². The van der Waals surface area contributed by atoms with E-state index in [1.165, 1.54) is 60.2 Å². The van der Waals surface area contributed by atoms with Crippen molar-refractivity contribution >= 4 is 5.84 Å². The summed E-state index contributed by atoms with van der Waals surface area (Å²) in [6.45, 7) is 16.7. The Bertz CT molecular complexity index is 1260. The summed E-state index contributed by atoms with van der Waals surface area (Å²) >= 11 is 0. The molecule has 0 aromatic heterocycles. The Balaban J connectivity index is 1.36. The van der Waals surface area contributed by atoms with Crippen LogP contribution in [0.5, 0.6) is 0 Å². The molecule has 1 unspecified atom stereocenters. The van der Waals surface area contributed by atoms with E-state index in [-0.39, 0.29) is 0 Å². The highest BCUT2D eigenvalue weighted by Gasteiger charge is 2.33. The third-order valence-electron chi connectivity index (χ3n) is 9.01. The summed E-state index contributed by atoms with van der Waals surface area (Å²) in [4.78, 5) is 12.4. The molecule has 0 radical (unpaired) electrons. The van der Waals surface area contributed by atoms with Crippen LogP contribution in [-0.4, -0.2) is 46.2 Å². The zero-order valence-electron chi connectivity index (χ0n) is 23.6. The molecule has 5 nitrogen and oxygen atoms in total. The van der Waals surface area contributed by atoms with Gasteiger partial charge in [0, 0.05) is 61.2 Å². The molecule has 6 rings (SSSR count). The van der Waals surface area contributed by atoms with Crippen molar-refractivity contribution in [2.45, 2.75) is 72.3 Å². The topological polar surface area (TPSA) is 34.1 Å². The second kappa shape index (κ2) is 10.3. The predicted octanol–water partition coefficient (Wildman–Crippen LogP) is 6.73. The Hall–Kier alpha value is -3.05. The standard InChI is InChI=1S/C33H43N5/c1-6-22(2)23(3)18-37-20-28(16-30(25(37)5)26-10-11-26)31-17-32(27-8-7-9-27)38-21-29(12-13-33(38)35-31)36-15-14-34-24(4)19-36/h12-13,16-18,20-22,24,26,34H,5-11,14-15,19H2,1-4H3/b23-18-/t22?,24-/m0/s1. The van der Waals surface area contributed by atoms with Gasteiger partial charge in [0.05, 0.1) is 11.4 Å². The lowest BCUT2D eigenvalue weighted by atomic mass is 9.88. The number of hydrogen-bond donors (Lipinski definition) is 1. The molecule has 0 spiro atoms. The Kier molecular flexibility index (Phi) is 6.81. The van der Waals surface area contributed by atoms with E-state index < -0.39 is 0 Å². The summed E-state index contributed by atoms with van der Waals surface area (Å²) in [5.74, 6) is 2.21. The Labute approximate surface area is 229 Å². The number of rotatable bonds is 6. The summed E-state index contributed by atoms with van der Waals surface area (Å²) in [6, 6.07) is 0.506. The van der Waals surface area contributed by atoms with Gasteiger partial charge in [0.25, 0.3) is 0 Å². The SMILES string of the molecule is C=C1C(C2CC2)=CC(C2=CC(=C3CCC3)N3C=C(N4CCN[C@@H](C)C4)C=CC3=N2)=CN1/C=C(/C)C(C)CC. The van der Waals surface area contributed by atoms with E-state index in [0.717, 1.165) is 43.3 Å². The van der Waals surface area contributed by atoms with Crippen LogP contribution in [0.3, 0.4) is 0 Å². The van der Waals surface area contributed by atoms with Gasteiger partial charge >= 0.3 is 0 Å². The zero-order chi connectivity index (χ0) is 26.4. The van der Waals surface area contributed by atoms with Gasteiger partial charge in [-0.2, -0.15) is 0 Å². The summed E-state index contributed by atoms with van der Waals surface area (Å²) < 4.78 is 0. The van der Waals surface area contributed by atoms with Crippen molar-refractivity contribution < 1.29 is 0 Å². The number of nitrogens with zero attached hydrogens (tertiary/aromatic N) is 4. The maximum absolute atomic E-state index is 5.23. The smallest absolute Gasteiger partial charge is 0.137 e. The van der Waals surface area contributed by atoms with Crippen molar-refractivity contribution in [3.05, 3.63) is 94.6 Å². The molecule has 38 heavy (non-hydrogen) atoms. The molecule has 2 aliphatic carbocycles. The minimum atomic E-state index is 0.506. The van der Waals surface area contributed by atoms with E-state index >= 15 is 0 Å². The van der Waals surface area contributed by atoms with Gasteiger partial charge in [-0.1, -0.05) is 26.0 Å². The van der Waals surface area contributed by atoms with Crippen LogP contribution in [0.2, 0.25) is 0 Å². The van der Waals surface area contributed by atoms with Crippen LogP contribution < -0.4 is 5.32 Å². The van der Waals surface area contributed by atoms with Gasteiger partial charge in [0.2, 0.25) is 0 Å². The van der Waals surface area contributed by atoms with Gasteiger partial charge in [-0.15, -0.1) is 0 Å². The number of amidine groups is 1. The average Bonchev–Trinajstić information content (AvgIpc) is 3.73. The van der Waals surface area contributed by atoms with Crippen LogP contribution in [0.1, 0.15) is 66.2 Å². The number of fused-ring (bicyclic) bond motifs is 1. The molecular weight excluding hydrogens is 466 g/mol. The van der Waals surface area contributed by atoms with Gasteiger partial charge in [-0.25, -0.2) is 4.99 Å². The molecule has 0 aromatic rings. The number of nitrogens with one attached hydrogen (secondary N) is 1. The fourth-order valence-electron chi connectivity index (χ4n) is 5.84. The van der Waals surface area contributed by atoms with Crippen LogP contribution >= 0.6 is 0 Å². The van der Waals surface area contributed by atoms with Gasteiger partial charge in [-0.05, 0) is 99.7 Å². The van der Waals surface area contributed by atoms with Crippen molar-refractivity contribution in [3.63, 3.8) is 0 Å². The first-order valence-electron chi connectivity index (χ1n) is 14.7. The Morgan fingerprint density at radius 2 is 2.03 bits per heavy atom.